The molecule has 0 aromatic carbocycles. The molecule has 2 aromatic heterocycles. The van der Waals surface area contributed by atoms with Crippen molar-refractivity contribution in [3.05, 3.63) is 28.7 Å². The average Bonchev–Trinajstić information content (AvgIpc) is 3.15. The van der Waals surface area contributed by atoms with Gasteiger partial charge in [-0.05, 0) is 20.3 Å². The molecule has 2 atom stereocenters. The van der Waals surface area contributed by atoms with Crippen LogP contribution in [0.3, 0.4) is 0 Å². The number of carbonyl (C=O) groups is 1. The highest BCUT2D eigenvalue weighted by molar-refractivity contribution is 8.00. The zero-order chi connectivity index (χ0) is 18.6. The summed E-state index contributed by atoms with van der Waals surface area (Å²) in [5.74, 6) is 1.37. The Bertz CT molecular complexity index is 992. The summed E-state index contributed by atoms with van der Waals surface area (Å²) in [4.78, 5) is 12.1. The number of nitrogens with one attached hydrogen (secondary N) is 1. The van der Waals surface area contributed by atoms with Crippen molar-refractivity contribution in [2.75, 3.05) is 22.6 Å². The first-order valence-corrected chi connectivity index (χ1v) is 11.3. The third-order valence-electron chi connectivity index (χ3n) is 5.09. The van der Waals surface area contributed by atoms with Crippen LogP contribution in [0.25, 0.3) is 0 Å². The highest BCUT2D eigenvalue weighted by Gasteiger charge is 2.35. The van der Waals surface area contributed by atoms with Crippen molar-refractivity contribution in [1.82, 2.24) is 19.6 Å². The van der Waals surface area contributed by atoms with Crippen LogP contribution < -0.4 is 5.32 Å². The maximum Gasteiger partial charge on any atom is 0.235 e. The van der Waals surface area contributed by atoms with E-state index in [1.807, 2.05) is 18.5 Å². The average molecular weight is 396 g/mol. The molecule has 26 heavy (non-hydrogen) atoms. The van der Waals surface area contributed by atoms with Gasteiger partial charge in [-0.1, -0.05) is 0 Å². The summed E-state index contributed by atoms with van der Waals surface area (Å²) in [6, 6.07) is -0.114. The number of fused-ring (bicyclic) bond motifs is 1. The van der Waals surface area contributed by atoms with Gasteiger partial charge in [0.25, 0.3) is 0 Å². The molecule has 0 bridgehead atoms. The maximum absolute atomic E-state index is 12.1. The first kappa shape index (κ1) is 17.6. The Morgan fingerprint density at radius 3 is 2.81 bits per heavy atom. The zero-order valence-electron chi connectivity index (χ0n) is 14.9. The minimum atomic E-state index is -2.98. The van der Waals surface area contributed by atoms with Gasteiger partial charge in [0.15, 0.2) is 9.84 Å². The minimum Gasteiger partial charge on any atom is -0.310 e. The van der Waals surface area contributed by atoms with Crippen LogP contribution in [0.1, 0.15) is 40.2 Å². The molecular weight excluding hydrogens is 374 g/mol. The van der Waals surface area contributed by atoms with Crippen LogP contribution in [0.4, 0.5) is 5.82 Å². The topological polar surface area (TPSA) is 98.9 Å². The van der Waals surface area contributed by atoms with E-state index in [1.54, 1.807) is 29.7 Å². The molecular formula is C16H21N5O3S2. The number of amides is 1. The maximum atomic E-state index is 12.1. The lowest BCUT2D eigenvalue weighted by Crippen LogP contribution is -2.15. The molecule has 2 aromatic rings. The molecule has 2 aliphatic rings. The van der Waals surface area contributed by atoms with Gasteiger partial charge in [0, 0.05) is 23.9 Å². The van der Waals surface area contributed by atoms with Crippen LogP contribution in [0.15, 0.2) is 6.20 Å². The van der Waals surface area contributed by atoms with Gasteiger partial charge in [-0.2, -0.15) is 10.2 Å². The Kier molecular flexibility index (Phi) is 4.14. The van der Waals surface area contributed by atoms with E-state index in [2.05, 4.69) is 15.5 Å². The van der Waals surface area contributed by atoms with Crippen molar-refractivity contribution in [3.8, 4) is 0 Å². The van der Waals surface area contributed by atoms with Gasteiger partial charge in [0.1, 0.15) is 5.82 Å². The smallest absolute Gasteiger partial charge is 0.235 e. The number of hydrogen-bond acceptors (Lipinski definition) is 6. The van der Waals surface area contributed by atoms with Crippen LogP contribution in [0.2, 0.25) is 0 Å². The largest absolute Gasteiger partial charge is 0.310 e. The van der Waals surface area contributed by atoms with Crippen LogP contribution >= 0.6 is 11.8 Å². The molecule has 1 amide bonds. The SMILES string of the molecule is Cc1nn([C@@H]2CCS(=O)(=O)C2)c(C)c1[C@H]1SCC(=O)Nc2c1cnn2C. The lowest BCUT2D eigenvalue weighted by atomic mass is 10.0. The molecule has 0 unspecified atom stereocenters. The predicted molar refractivity (Wildman–Crippen MR) is 100 cm³/mol. The van der Waals surface area contributed by atoms with Crippen LogP contribution in [0.5, 0.6) is 0 Å². The molecule has 1 saturated heterocycles. The number of anilines is 1. The van der Waals surface area contributed by atoms with E-state index in [-0.39, 0.29) is 28.7 Å². The van der Waals surface area contributed by atoms with Crippen LogP contribution in [-0.4, -0.2) is 51.1 Å². The zero-order valence-corrected chi connectivity index (χ0v) is 16.5. The van der Waals surface area contributed by atoms with Gasteiger partial charge >= 0.3 is 0 Å². The van der Waals surface area contributed by atoms with Gasteiger partial charge in [-0.3, -0.25) is 14.2 Å². The molecule has 1 N–H and O–H groups in total. The summed E-state index contributed by atoms with van der Waals surface area (Å²) in [5.41, 5.74) is 3.83. The molecule has 4 rings (SSSR count). The Morgan fingerprint density at radius 2 is 2.12 bits per heavy atom. The van der Waals surface area contributed by atoms with E-state index in [1.165, 1.54) is 0 Å². The number of hydrogen-bond donors (Lipinski definition) is 1. The summed E-state index contributed by atoms with van der Waals surface area (Å²) in [6.07, 6.45) is 2.38. The van der Waals surface area contributed by atoms with Crippen LogP contribution in [0, 0.1) is 13.8 Å². The number of carbonyl (C=O) groups excluding carboxylic acids is 1. The first-order valence-electron chi connectivity index (χ1n) is 8.46. The number of nitrogens with zero attached hydrogens (tertiary/aromatic N) is 4. The lowest BCUT2D eigenvalue weighted by molar-refractivity contribution is -0.113. The molecule has 4 heterocycles. The van der Waals surface area contributed by atoms with Crippen molar-refractivity contribution in [3.63, 3.8) is 0 Å². The standard InChI is InChI=1S/C16H21N5O3S2/c1-9-14(10(2)21(19-9)11-4-5-26(23,24)8-11)15-12-6-17-20(3)16(12)18-13(22)7-25-15/h6,11,15H,4-5,7-8H2,1-3H3,(H,18,22)/t11-,15+/m1/s1. The van der Waals surface area contributed by atoms with Gasteiger partial charge in [0.05, 0.1) is 40.4 Å². The highest BCUT2D eigenvalue weighted by atomic mass is 32.2. The van der Waals surface area contributed by atoms with Crippen molar-refractivity contribution in [2.24, 2.45) is 7.05 Å². The Balaban J connectivity index is 1.78. The summed E-state index contributed by atoms with van der Waals surface area (Å²) >= 11 is 1.55. The van der Waals surface area contributed by atoms with Crippen molar-refractivity contribution < 1.29 is 13.2 Å². The Labute approximate surface area is 156 Å². The van der Waals surface area contributed by atoms with Gasteiger partial charge in [-0.15, -0.1) is 11.8 Å². The third-order valence-corrected chi connectivity index (χ3v) is 8.09. The Morgan fingerprint density at radius 1 is 1.35 bits per heavy atom. The summed E-state index contributed by atoms with van der Waals surface area (Å²) in [5, 5.41) is 11.8. The molecule has 0 aliphatic carbocycles. The molecule has 0 spiro atoms. The van der Waals surface area contributed by atoms with E-state index >= 15 is 0 Å². The molecule has 140 valence electrons. The minimum absolute atomic E-state index is 0.0491. The summed E-state index contributed by atoms with van der Waals surface area (Å²) in [6.45, 7) is 3.93. The third kappa shape index (κ3) is 2.84. The van der Waals surface area contributed by atoms with Crippen molar-refractivity contribution in [2.45, 2.75) is 31.6 Å². The second-order valence-corrected chi connectivity index (χ2v) is 10.2. The number of rotatable bonds is 2. The fourth-order valence-electron chi connectivity index (χ4n) is 3.83. The first-order chi connectivity index (χ1) is 12.3. The number of aryl methyl sites for hydroxylation is 2. The fraction of sp³-hybridized carbons (Fsp3) is 0.562. The molecule has 1 fully saturated rings. The van der Waals surface area contributed by atoms with Crippen molar-refractivity contribution >= 4 is 33.3 Å². The van der Waals surface area contributed by atoms with E-state index in [0.29, 0.717) is 18.0 Å². The Hall–Kier alpha value is -1.81. The lowest BCUT2D eigenvalue weighted by Gasteiger charge is -2.16. The highest BCUT2D eigenvalue weighted by Crippen LogP contribution is 2.44. The quantitative estimate of drug-likeness (QED) is 0.825. The molecule has 10 heteroatoms. The van der Waals surface area contributed by atoms with E-state index in [9.17, 15) is 13.2 Å². The van der Waals surface area contributed by atoms with Gasteiger partial charge < -0.3 is 5.32 Å². The van der Waals surface area contributed by atoms with E-state index < -0.39 is 9.84 Å². The molecule has 0 saturated carbocycles. The predicted octanol–water partition coefficient (Wildman–Crippen LogP) is 1.37. The molecule has 2 aliphatic heterocycles. The second kappa shape index (κ2) is 6.12. The van der Waals surface area contributed by atoms with Gasteiger partial charge in [0.2, 0.25) is 5.91 Å². The monoisotopic (exact) mass is 395 g/mol. The second-order valence-electron chi connectivity index (χ2n) is 6.90. The number of thioether (sulfide) groups is 1. The van der Waals surface area contributed by atoms with Crippen LogP contribution in [-0.2, 0) is 21.7 Å². The normalized spacial score (nSPS) is 25.0. The van der Waals surface area contributed by atoms with Gasteiger partial charge in [-0.25, -0.2) is 8.42 Å². The number of sulfone groups is 1. The summed E-state index contributed by atoms with van der Waals surface area (Å²) in [7, 11) is -1.18. The summed E-state index contributed by atoms with van der Waals surface area (Å²) < 4.78 is 27.3. The molecule has 0 radical (unpaired) electrons. The van der Waals surface area contributed by atoms with E-state index in [0.717, 1.165) is 22.5 Å². The molecule has 8 nitrogen and oxygen atoms in total. The number of aromatic nitrogens is 4. The fourth-order valence-corrected chi connectivity index (χ4v) is 6.78. The van der Waals surface area contributed by atoms with E-state index in [4.69, 9.17) is 0 Å². The van der Waals surface area contributed by atoms with Crippen molar-refractivity contribution in [1.29, 1.82) is 0 Å².